The Kier molecular flexibility index (Phi) is 5.46. The Morgan fingerprint density at radius 1 is 1.18 bits per heavy atom. The Hall–Kier alpha value is -0.930. The third kappa shape index (κ3) is 5.80. The van der Waals surface area contributed by atoms with Gasteiger partial charge in [-0.15, -0.1) is 0 Å². The molecule has 1 aliphatic carbocycles. The zero-order chi connectivity index (χ0) is 11.8. The van der Waals surface area contributed by atoms with Gasteiger partial charge in [-0.1, -0.05) is 0 Å². The molecule has 1 N–H and O–H groups in total. The quantitative estimate of drug-likeness (QED) is 0.665. The first-order chi connectivity index (χ1) is 8.45. The minimum Gasteiger partial charge on any atom is -0.381 e. The second-order valence-corrected chi connectivity index (χ2v) is 4.65. The van der Waals surface area contributed by atoms with Crippen molar-refractivity contribution in [3.8, 4) is 0 Å². The van der Waals surface area contributed by atoms with Crippen LogP contribution in [0, 0.1) is 0 Å². The van der Waals surface area contributed by atoms with Crippen LogP contribution in [0.4, 0.5) is 0 Å². The van der Waals surface area contributed by atoms with E-state index in [0.29, 0.717) is 0 Å². The summed E-state index contributed by atoms with van der Waals surface area (Å²) in [7, 11) is 0. The van der Waals surface area contributed by atoms with Crippen LogP contribution in [-0.2, 0) is 11.2 Å². The van der Waals surface area contributed by atoms with Crippen LogP contribution >= 0.6 is 0 Å². The molecule has 0 bridgehead atoms. The van der Waals surface area contributed by atoms with Crippen molar-refractivity contribution in [2.24, 2.45) is 0 Å². The maximum absolute atomic E-state index is 5.60. The van der Waals surface area contributed by atoms with Crippen molar-refractivity contribution in [1.82, 2.24) is 10.3 Å². The summed E-state index contributed by atoms with van der Waals surface area (Å²) in [5.41, 5.74) is 1.35. The zero-order valence-corrected chi connectivity index (χ0v) is 10.4. The van der Waals surface area contributed by atoms with E-state index in [1.54, 1.807) is 0 Å². The molecule has 94 valence electrons. The number of hydrogen-bond acceptors (Lipinski definition) is 3. The molecule has 1 aromatic rings. The van der Waals surface area contributed by atoms with Crippen molar-refractivity contribution in [3.63, 3.8) is 0 Å². The van der Waals surface area contributed by atoms with Crippen LogP contribution in [0.15, 0.2) is 24.5 Å². The minimum atomic E-state index is 0.821. The summed E-state index contributed by atoms with van der Waals surface area (Å²) in [6.07, 6.45) is 9.74. The molecule has 1 saturated carbocycles. The van der Waals surface area contributed by atoms with Gasteiger partial charge in [0.05, 0.1) is 0 Å². The average Bonchev–Trinajstić information content (AvgIpc) is 3.18. The molecule has 0 saturated heterocycles. The van der Waals surface area contributed by atoms with E-state index in [-0.39, 0.29) is 0 Å². The van der Waals surface area contributed by atoms with Crippen LogP contribution in [0.1, 0.15) is 31.2 Å². The molecule has 0 aromatic carbocycles. The van der Waals surface area contributed by atoms with Crippen molar-refractivity contribution in [2.75, 3.05) is 19.8 Å². The number of pyridine rings is 1. The standard InChI is InChI=1S/C14H22N2O/c1(3-13-6-9-15-10-7-13)11-17-12-2-8-16-14-4-5-14/h6-7,9-10,14,16H,1-5,8,11-12H2. The topological polar surface area (TPSA) is 34.1 Å². The first kappa shape index (κ1) is 12.5. The fourth-order valence-corrected chi connectivity index (χ4v) is 1.80. The third-order valence-corrected chi connectivity index (χ3v) is 2.98. The van der Waals surface area contributed by atoms with Gasteiger partial charge in [-0.25, -0.2) is 0 Å². The monoisotopic (exact) mass is 234 g/mol. The van der Waals surface area contributed by atoms with E-state index < -0.39 is 0 Å². The molecule has 0 amide bonds. The molecule has 1 heterocycles. The molecule has 17 heavy (non-hydrogen) atoms. The highest BCUT2D eigenvalue weighted by atomic mass is 16.5. The molecule has 0 unspecified atom stereocenters. The predicted molar refractivity (Wildman–Crippen MR) is 69.0 cm³/mol. The number of rotatable bonds is 9. The first-order valence-corrected chi connectivity index (χ1v) is 6.65. The van der Waals surface area contributed by atoms with E-state index in [9.17, 15) is 0 Å². The van der Waals surface area contributed by atoms with Gasteiger partial charge in [0.2, 0.25) is 0 Å². The van der Waals surface area contributed by atoms with Gasteiger partial charge in [0.15, 0.2) is 0 Å². The average molecular weight is 234 g/mol. The Bertz CT molecular complexity index is 298. The summed E-state index contributed by atoms with van der Waals surface area (Å²) in [5, 5.41) is 3.49. The highest BCUT2D eigenvalue weighted by Gasteiger charge is 2.19. The molecule has 1 aromatic heterocycles. The summed E-state index contributed by atoms with van der Waals surface area (Å²) in [6, 6.07) is 4.96. The molecule has 1 aliphatic rings. The molecule has 1 fully saturated rings. The van der Waals surface area contributed by atoms with Gasteiger partial charge in [0.1, 0.15) is 0 Å². The van der Waals surface area contributed by atoms with E-state index in [2.05, 4.69) is 22.4 Å². The maximum atomic E-state index is 5.60. The maximum Gasteiger partial charge on any atom is 0.0478 e. The molecular formula is C14H22N2O. The first-order valence-electron chi connectivity index (χ1n) is 6.65. The van der Waals surface area contributed by atoms with E-state index in [1.807, 2.05) is 12.4 Å². The Labute approximate surface area is 104 Å². The third-order valence-electron chi connectivity index (χ3n) is 2.98. The SMILES string of the molecule is c1cc(CCCOCCCNC2CC2)ccn1. The molecule has 3 nitrogen and oxygen atoms in total. The van der Waals surface area contributed by atoms with Crippen LogP contribution in [-0.4, -0.2) is 30.8 Å². The second kappa shape index (κ2) is 7.41. The van der Waals surface area contributed by atoms with Crippen molar-refractivity contribution in [1.29, 1.82) is 0 Å². The van der Waals surface area contributed by atoms with Crippen LogP contribution in [0.3, 0.4) is 0 Å². The summed E-state index contributed by atoms with van der Waals surface area (Å²) < 4.78 is 5.60. The van der Waals surface area contributed by atoms with Gasteiger partial charge in [0, 0.05) is 31.6 Å². The summed E-state index contributed by atoms with van der Waals surface area (Å²) >= 11 is 0. The lowest BCUT2D eigenvalue weighted by Gasteiger charge is -2.05. The number of aromatic nitrogens is 1. The fourth-order valence-electron chi connectivity index (χ4n) is 1.80. The van der Waals surface area contributed by atoms with E-state index in [4.69, 9.17) is 4.74 Å². The van der Waals surface area contributed by atoms with Crippen molar-refractivity contribution in [3.05, 3.63) is 30.1 Å². The number of ether oxygens (including phenoxy) is 1. The van der Waals surface area contributed by atoms with E-state index in [1.165, 1.54) is 18.4 Å². The summed E-state index contributed by atoms with van der Waals surface area (Å²) in [6.45, 7) is 2.86. The molecule has 0 atom stereocenters. The highest BCUT2D eigenvalue weighted by molar-refractivity contribution is 5.09. The lowest BCUT2D eigenvalue weighted by Crippen LogP contribution is -2.18. The van der Waals surface area contributed by atoms with Gasteiger partial charge >= 0.3 is 0 Å². The Morgan fingerprint density at radius 3 is 2.71 bits per heavy atom. The lowest BCUT2D eigenvalue weighted by molar-refractivity contribution is 0.129. The fraction of sp³-hybridized carbons (Fsp3) is 0.643. The molecule has 2 rings (SSSR count). The van der Waals surface area contributed by atoms with Crippen molar-refractivity contribution in [2.45, 2.75) is 38.1 Å². The number of aryl methyl sites for hydroxylation is 1. The summed E-state index contributed by atoms with van der Waals surface area (Å²) in [4.78, 5) is 4.00. The smallest absolute Gasteiger partial charge is 0.0478 e. The number of nitrogens with zero attached hydrogens (tertiary/aromatic N) is 1. The Balaban J connectivity index is 1.38. The highest BCUT2D eigenvalue weighted by Crippen LogP contribution is 2.18. The van der Waals surface area contributed by atoms with Crippen LogP contribution in [0.5, 0.6) is 0 Å². The molecular weight excluding hydrogens is 212 g/mol. The predicted octanol–water partition coefficient (Wildman–Crippen LogP) is 2.17. The van der Waals surface area contributed by atoms with Crippen molar-refractivity contribution < 1.29 is 4.74 Å². The normalized spacial score (nSPS) is 15.1. The molecule has 0 spiro atoms. The Morgan fingerprint density at radius 2 is 1.94 bits per heavy atom. The lowest BCUT2D eigenvalue weighted by atomic mass is 10.1. The van der Waals surface area contributed by atoms with Gasteiger partial charge in [0.25, 0.3) is 0 Å². The largest absolute Gasteiger partial charge is 0.381 e. The second-order valence-electron chi connectivity index (χ2n) is 4.65. The molecule has 3 heteroatoms. The van der Waals surface area contributed by atoms with Gasteiger partial charge in [-0.3, -0.25) is 4.98 Å². The minimum absolute atomic E-state index is 0.821. The van der Waals surface area contributed by atoms with E-state index in [0.717, 1.165) is 45.1 Å². The van der Waals surface area contributed by atoms with Gasteiger partial charge in [-0.05, 0) is 56.3 Å². The molecule has 0 aliphatic heterocycles. The van der Waals surface area contributed by atoms with Gasteiger partial charge in [-0.2, -0.15) is 0 Å². The van der Waals surface area contributed by atoms with Gasteiger partial charge < -0.3 is 10.1 Å². The summed E-state index contributed by atoms with van der Waals surface area (Å²) in [5.74, 6) is 0. The van der Waals surface area contributed by atoms with Crippen LogP contribution < -0.4 is 5.32 Å². The van der Waals surface area contributed by atoms with Crippen molar-refractivity contribution >= 4 is 0 Å². The van der Waals surface area contributed by atoms with Crippen LogP contribution in [0.25, 0.3) is 0 Å². The number of hydrogen-bond donors (Lipinski definition) is 1. The molecule has 0 radical (unpaired) electrons. The van der Waals surface area contributed by atoms with E-state index >= 15 is 0 Å². The zero-order valence-electron chi connectivity index (χ0n) is 10.4. The van der Waals surface area contributed by atoms with Crippen LogP contribution in [0.2, 0.25) is 0 Å². The number of nitrogens with one attached hydrogen (secondary N) is 1.